The number of sulfonamides is 1. The number of nitrogens with one attached hydrogen (secondary N) is 1. The first kappa shape index (κ1) is 20.4. The fourth-order valence-electron chi connectivity index (χ4n) is 2.58. The van der Waals surface area contributed by atoms with Crippen molar-refractivity contribution in [3.63, 3.8) is 0 Å². The SMILES string of the molecule is CS(=O)(=O)N(CCCc1ccccc1)CCNC(=O)c1ccccc1Cl. The molecule has 5 nitrogen and oxygen atoms in total. The summed E-state index contributed by atoms with van der Waals surface area (Å²) in [4.78, 5) is 12.1. The Bertz CT molecular complexity index is 826. The van der Waals surface area contributed by atoms with E-state index < -0.39 is 10.0 Å². The van der Waals surface area contributed by atoms with Crippen LogP contribution in [0.1, 0.15) is 22.3 Å². The first-order chi connectivity index (χ1) is 12.4. The number of amides is 1. The number of rotatable bonds is 9. The minimum atomic E-state index is -3.33. The quantitative estimate of drug-likeness (QED) is 0.711. The molecule has 0 aliphatic carbocycles. The Labute approximate surface area is 160 Å². The van der Waals surface area contributed by atoms with E-state index in [1.54, 1.807) is 24.3 Å². The molecule has 7 heteroatoms. The molecule has 0 unspecified atom stereocenters. The minimum Gasteiger partial charge on any atom is -0.351 e. The molecule has 0 saturated heterocycles. The second-order valence-electron chi connectivity index (χ2n) is 5.99. The van der Waals surface area contributed by atoms with Crippen molar-refractivity contribution >= 4 is 27.5 Å². The maximum Gasteiger partial charge on any atom is 0.252 e. The van der Waals surface area contributed by atoms with E-state index in [1.807, 2.05) is 30.3 Å². The van der Waals surface area contributed by atoms with E-state index >= 15 is 0 Å². The molecule has 0 aromatic heterocycles. The maximum atomic E-state index is 12.1. The number of nitrogens with zero attached hydrogens (tertiary/aromatic N) is 1. The number of carbonyl (C=O) groups excluding carboxylic acids is 1. The van der Waals surface area contributed by atoms with E-state index in [-0.39, 0.29) is 19.0 Å². The second-order valence-corrected chi connectivity index (χ2v) is 8.38. The van der Waals surface area contributed by atoms with E-state index in [0.717, 1.165) is 12.8 Å². The van der Waals surface area contributed by atoms with Gasteiger partial charge in [-0.15, -0.1) is 0 Å². The monoisotopic (exact) mass is 394 g/mol. The van der Waals surface area contributed by atoms with Crippen molar-refractivity contribution < 1.29 is 13.2 Å². The van der Waals surface area contributed by atoms with Gasteiger partial charge < -0.3 is 5.32 Å². The van der Waals surface area contributed by atoms with Gasteiger partial charge in [0.05, 0.1) is 16.8 Å². The van der Waals surface area contributed by atoms with Crippen molar-refractivity contribution in [1.29, 1.82) is 0 Å². The summed E-state index contributed by atoms with van der Waals surface area (Å²) in [6.07, 6.45) is 2.71. The van der Waals surface area contributed by atoms with Gasteiger partial charge in [0, 0.05) is 19.6 Å². The van der Waals surface area contributed by atoms with Crippen LogP contribution < -0.4 is 5.32 Å². The summed E-state index contributed by atoms with van der Waals surface area (Å²) < 4.78 is 25.3. The first-order valence-corrected chi connectivity index (χ1v) is 10.6. The van der Waals surface area contributed by atoms with E-state index in [4.69, 9.17) is 11.6 Å². The van der Waals surface area contributed by atoms with Crippen molar-refractivity contribution in [2.45, 2.75) is 12.8 Å². The molecule has 0 spiro atoms. The Hall–Kier alpha value is -1.89. The molecule has 0 aliphatic heterocycles. The number of halogens is 1. The normalized spacial score (nSPS) is 11.5. The molecule has 1 N–H and O–H groups in total. The average molecular weight is 395 g/mol. The Morgan fingerprint density at radius 2 is 1.69 bits per heavy atom. The Morgan fingerprint density at radius 3 is 2.35 bits per heavy atom. The highest BCUT2D eigenvalue weighted by Crippen LogP contribution is 2.14. The van der Waals surface area contributed by atoms with Gasteiger partial charge in [-0.3, -0.25) is 4.79 Å². The van der Waals surface area contributed by atoms with Crippen LogP contribution in [0.2, 0.25) is 5.02 Å². The maximum absolute atomic E-state index is 12.1. The van der Waals surface area contributed by atoms with Crippen LogP contribution in [0.4, 0.5) is 0 Å². The number of carbonyl (C=O) groups is 1. The summed E-state index contributed by atoms with van der Waals surface area (Å²) in [7, 11) is -3.33. The van der Waals surface area contributed by atoms with Crippen LogP contribution in [0.15, 0.2) is 54.6 Å². The molecule has 26 heavy (non-hydrogen) atoms. The van der Waals surface area contributed by atoms with Gasteiger partial charge in [-0.1, -0.05) is 54.1 Å². The van der Waals surface area contributed by atoms with Gasteiger partial charge in [0.25, 0.3) is 5.91 Å². The number of hydrogen-bond acceptors (Lipinski definition) is 3. The van der Waals surface area contributed by atoms with Crippen molar-refractivity contribution in [3.05, 3.63) is 70.7 Å². The van der Waals surface area contributed by atoms with Crippen LogP contribution in [-0.4, -0.2) is 44.5 Å². The molecule has 0 heterocycles. The van der Waals surface area contributed by atoms with Gasteiger partial charge in [-0.2, -0.15) is 0 Å². The summed E-state index contributed by atoms with van der Waals surface area (Å²) in [5.74, 6) is -0.312. The molecule has 0 bridgehead atoms. The van der Waals surface area contributed by atoms with Gasteiger partial charge in [0.2, 0.25) is 10.0 Å². The number of aryl methyl sites for hydroxylation is 1. The summed E-state index contributed by atoms with van der Waals surface area (Å²) in [6.45, 7) is 0.863. The molecular formula is C19H23ClN2O3S. The zero-order valence-electron chi connectivity index (χ0n) is 14.7. The highest BCUT2D eigenvalue weighted by Gasteiger charge is 2.17. The standard InChI is InChI=1S/C19H23ClN2O3S/c1-26(24,25)22(14-7-10-16-8-3-2-4-9-16)15-13-21-19(23)17-11-5-6-12-18(17)20/h2-6,8-9,11-12H,7,10,13-15H2,1H3,(H,21,23). The third kappa shape index (κ3) is 6.44. The van der Waals surface area contributed by atoms with Gasteiger partial charge in [0.1, 0.15) is 0 Å². The molecular weight excluding hydrogens is 372 g/mol. The van der Waals surface area contributed by atoms with Crippen molar-refractivity contribution in [3.8, 4) is 0 Å². The topological polar surface area (TPSA) is 66.5 Å². The van der Waals surface area contributed by atoms with E-state index in [0.29, 0.717) is 17.1 Å². The molecule has 0 radical (unpaired) electrons. The van der Waals surface area contributed by atoms with Crippen molar-refractivity contribution in [2.75, 3.05) is 25.9 Å². The molecule has 0 fully saturated rings. The highest BCUT2D eigenvalue weighted by molar-refractivity contribution is 7.88. The summed E-state index contributed by atoms with van der Waals surface area (Å²) >= 11 is 5.99. The predicted molar refractivity (Wildman–Crippen MR) is 105 cm³/mol. The second kappa shape index (κ2) is 9.71. The molecule has 0 atom stereocenters. The lowest BCUT2D eigenvalue weighted by Crippen LogP contribution is -2.38. The fraction of sp³-hybridized carbons (Fsp3) is 0.316. The Balaban J connectivity index is 1.84. The van der Waals surface area contributed by atoms with Gasteiger partial charge in [0.15, 0.2) is 0 Å². The van der Waals surface area contributed by atoms with Gasteiger partial charge >= 0.3 is 0 Å². The predicted octanol–water partition coefficient (Wildman–Crippen LogP) is 2.96. The smallest absolute Gasteiger partial charge is 0.252 e. The average Bonchev–Trinajstić information content (AvgIpc) is 2.60. The van der Waals surface area contributed by atoms with E-state index in [2.05, 4.69) is 5.32 Å². The summed E-state index contributed by atoms with van der Waals surface area (Å²) in [6, 6.07) is 16.7. The molecule has 2 aromatic carbocycles. The molecule has 140 valence electrons. The lowest BCUT2D eigenvalue weighted by atomic mass is 10.1. The zero-order chi connectivity index (χ0) is 19.0. The summed E-state index contributed by atoms with van der Waals surface area (Å²) in [5, 5.41) is 3.09. The third-order valence-electron chi connectivity index (χ3n) is 3.95. The van der Waals surface area contributed by atoms with Crippen LogP contribution in [-0.2, 0) is 16.4 Å². The number of hydrogen-bond donors (Lipinski definition) is 1. The Morgan fingerprint density at radius 1 is 1.04 bits per heavy atom. The van der Waals surface area contributed by atoms with Crippen LogP contribution in [0.5, 0.6) is 0 Å². The fourth-order valence-corrected chi connectivity index (χ4v) is 3.69. The van der Waals surface area contributed by atoms with E-state index in [1.165, 1.54) is 16.1 Å². The first-order valence-electron chi connectivity index (χ1n) is 8.39. The van der Waals surface area contributed by atoms with Crippen LogP contribution >= 0.6 is 11.6 Å². The van der Waals surface area contributed by atoms with Gasteiger partial charge in [-0.05, 0) is 30.5 Å². The summed E-state index contributed by atoms with van der Waals surface area (Å²) in [5.41, 5.74) is 1.55. The lowest BCUT2D eigenvalue weighted by Gasteiger charge is -2.20. The van der Waals surface area contributed by atoms with Crippen molar-refractivity contribution in [1.82, 2.24) is 9.62 Å². The van der Waals surface area contributed by atoms with Crippen LogP contribution in [0.3, 0.4) is 0 Å². The largest absolute Gasteiger partial charge is 0.351 e. The van der Waals surface area contributed by atoms with Crippen molar-refractivity contribution in [2.24, 2.45) is 0 Å². The number of benzene rings is 2. The molecule has 0 saturated carbocycles. The van der Waals surface area contributed by atoms with Crippen LogP contribution in [0.25, 0.3) is 0 Å². The molecule has 2 aromatic rings. The molecule has 1 amide bonds. The lowest BCUT2D eigenvalue weighted by molar-refractivity contribution is 0.0951. The molecule has 0 aliphatic rings. The van der Waals surface area contributed by atoms with Crippen LogP contribution in [0, 0.1) is 0 Å². The highest BCUT2D eigenvalue weighted by atomic mass is 35.5. The minimum absolute atomic E-state index is 0.225. The Kier molecular flexibility index (Phi) is 7.63. The van der Waals surface area contributed by atoms with Gasteiger partial charge in [-0.25, -0.2) is 12.7 Å². The van der Waals surface area contributed by atoms with E-state index in [9.17, 15) is 13.2 Å². The zero-order valence-corrected chi connectivity index (χ0v) is 16.3. The molecule has 2 rings (SSSR count). The third-order valence-corrected chi connectivity index (χ3v) is 5.58.